The maximum atomic E-state index is 10.6. The summed E-state index contributed by atoms with van der Waals surface area (Å²) in [6.07, 6.45) is 15.6. The molecule has 0 aromatic rings. The molecule has 0 aliphatic rings. The molecule has 1 N–H and O–H groups in total. The van der Waals surface area contributed by atoms with Crippen LogP contribution in [0.2, 0.25) is 0 Å². The van der Waals surface area contributed by atoms with E-state index in [9.17, 15) is 4.79 Å². The van der Waals surface area contributed by atoms with Gasteiger partial charge < -0.3 is 10.0 Å². The van der Waals surface area contributed by atoms with Crippen LogP contribution in [0.1, 0.15) is 90.4 Å². The van der Waals surface area contributed by atoms with Crippen LogP contribution < -0.4 is 0 Å². The second-order valence-electron chi connectivity index (χ2n) is 6.52. The minimum atomic E-state index is -0.671. The van der Waals surface area contributed by atoms with Gasteiger partial charge in [0.1, 0.15) is 0 Å². The number of carboxylic acids is 1. The minimum Gasteiger partial charge on any atom is -0.481 e. The molecule has 0 heterocycles. The van der Waals surface area contributed by atoms with E-state index in [2.05, 4.69) is 25.9 Å². The van der Waals surface area contributed by atoms with E-state index >= 15 is 0 Å². The van der Waals surface area contributed by atoms with Crippen LogP contribution in [-0.4, -0.2) is 36.1 Å². The van der Waals surface area contributed by atoms with Gasteiger partial charge in [0.15, 0.2) is 0 Å². The van der Waals surface area contributed by atoms with E-state index in [4.69, 9.17) is 5.11 Å². The first kappa shape index (κ1) is 20.4. The molecule has 0 aromatic carbocycles. The van der Waals surface area contributed by atoms with Crippen molar-refractivity contribution in [1.82, 2.24) is 4.90 Å². The van der Waals surface area contributed by atoms with Crippen LogP contribution in [0.3, 0.4) is 0 Å². The van der Waals surface area contributed by atoms with Gasteiger partial charge in [-0.1, -0.05) is 64.7 Å². The van der Waals surface area contributed by atoms with Crippen molar-refractivity contribution >= 4 is 5.97 Å². The molecule has 0 fully saturated rings. The molecule has 0 amide bonds. The highest BCUT2D eigenvalue weighted by molar-refractivity contribution is 5.66. The summed E-state index contributed by atoms with van der Waals surface area (Å²) in [6, 6.07) is 0.550. The Balaban J connectivity index is 3.49. The topological polar surface area (TPSA) is 40.5 Å². The van der Waals surface area contributed by atoms with Gasteiger partial charge in [-0.05, 0) is 33.4 Å². The van der Waals surface area contributed by atoms with Crippen LogP contribution in [0.4, 0.5) is 0 Å². The van der Waals surface area contributed by atoms with E-state index in [-0.39, 0.29) is 0 Å². The van der Waals surface area contributed by atoms with Crippen molar-refractivity contribution in [3.05, 3.63) is 0 Å². The Labute approximate surface area is 132 Å². The van der Waals surface area contributed by atoms with Gasteiger partial charge in [-0.25, -0.2) is 0 Å². The van der Waals surface area contributed by atoms with Crippen molar-refractivity contribution in [2.45, 2.75) is 96.4 Å². The Kier molecular flexibility index (Phi) is 14.0. The number of hydrogen-bond acceptors (Lipinski definition) is 2. The Morgan fingerprint density at radius 2 is 1.33 bits per heavy atom. The number of nitrogens with zero attached hydrogens (tertiary/aromatic N) is 1. The summed E-state index contributed by atoms with van der Waals surface area (Å²) >= 11 is 0. The summed E-state index contributed by atoms with van der Waals surface area (Å²) in [6.45, 7) is 2.26. The smallest absolute Gasteiger partial charge is 0.303 e. The van der Waals surface area contributed by atoms with Crippen LogP contribution >= 0.6 is 0 Å². The second kappa shape index (κ2) is 14.4. The third-order valence-corrected chi connectivity index (χ3v) is 4.30. The predicted molar refractivity (Wildman–Crippen MR) is 90.8 cm³/mol. The van der Waals surface area contributed by atoms with Gasteiger partial charge in [-0.15, -0.1) is 0 Å². The molecule has 0 saturated carbocycles. The van der Waals surface area contributed by atoms with Crippen molar-refractivity contribution in [3.8, 4) is 0 Å². The summed E-state index contributed by atoms with van der Waals surface area (Å²) < 4.78 is 0. The minimum absolute atomic E-state index is 0.308. The average molecular weight is 299 g/mol. The van der Waals surface area contributed by atoms with E-state index < -0.39 is 5.97 Å². The zero-order valence-electron chi connectivity index (χ0n) is 14.6. The van der Waals surface area contributed by atoms with Gasteiger partial charge in [0.05, 0.1) is 0 Å². The first-order valence-electron chi connectivity index (χ1n) is 8.96. The number of carbonyl (C=O) groups is 1. The molecular formula is C18H37NO2. The van der Waals surface area contributed by atoms with Gasteiger partial charge >= 0.3 is 5.97 Å². The Morgan fingerprint density at radius 3 is 1.81 bits per heavy atom. The lowest BCUT2D eigenvalue weighted by Crippen LogP contribution is -2.28. The number of unbranched alkanes of at least 4 members (excludes halogenated alkanes) is 8. The highest BCUT2D eigenvalue weighted by Crippen LogP contribution is 2.16. The quantitative estimate of drug-likeness (QED) is 0.428. The third kappa shape index (κ3) is 14.1. The molecular weight excluding hydrogens is 262 g/mol. The van der Waals surface area contributed by atoms with Gasteiger partial charge in [0.25, 0.3) is 0 Å². The maximum absolute atomic E-state index is 10.6. The predicted octanol–water partition coefficient (Wildman–Crippen LogP) is 5.09. The lowest BCUT2D eigenvalue weighted by molar-refractivity contribution is -0.137. The van der Waals surface area contributed by atoms with E-state index in [1.165, 1.54) is 64.2 Å². The Morgan fingerprint density at radius 1 is 0.857 bits per heavy atom. The molecule has 0 aromatic heterocycles. The fourth-order valence-electron chi connectivity index (χ4n) is 2.84. The molecule has 0 aliphatic heterocycles. The van der Waals surface area contributed by atoms with Crippen molar-refractivity contribution in [1.29, 1.82) is 0 Å². The molecule has 0 radical (unpaired) electrons. The zero-order chi connectivity index (χ0) is 15.9. The van der Waals surface area contributed by atoms with Gasteiger partial charge in [-0.3, -0.25) is 4.79 Å². The molecule has 3 nitrogen and oxygen atoms in total. The summed E-state index contributed by atoms with van der Waals surface area (Å²) in [4.78, 5) is 12.8. The average Bonchev–Trinajstić information content (AvgIpc) is 2.43. The molecule has 0 rings (SSSR count). The van der Waals surface area contributed by atoms with Crippen LogP contribution in [0.15, 0.2) is 0 Å². The van der Waals surface area contributed by atoms with Crippen molar-refractivity contribution in [3.63, 3.8) is 0 Å². The van der Waals surface area contributed by atoms with Crippen LogP contribution in [0, 0.1) is 0 Å². The summed E-state index contributed by atoms with van der Waals surface area (Å²) in [5, 5.41) is 8.70. The van der Waals surface area contributed by atoms with Crippen LogP contribution in [-0.2, 0) is 4.79 Å². The number of aliphatic carboxylic acids is 1. The summed E-state index contributed by atoms with van der Waals surface area (Å²) in [5.74, 6) is -0.671. The largest absolute Gasteiger partial charge is 0.481 e. The van der Waals surface area contributed by atoms with Crippen LogP contribution in [0.5, 0.6) is 0 Å². The van der Waals surface area contributed by atoms with Crippen molar-refractivity contribution in [2.75, 3.05) is 14.1 Å². The van der Waals surface area contributed by atoms with E-state index in [1.54, 1.807) is 0 Å². The van der Waals surface area contributed by atoms with E-state index in [1.807, 2.05) is 0 Å². The van der Waals surface area contributed by atoms with Gasteiger partial charge in [0.2, 0.25) is 0 Å². The molecule has 126 valence electrons. The molecule has 1 atom stereocenters. The molecule has 1 unspecified atom stereocenters. The number of rotatable bonds is 15. The lowest BCUT2D eigenvalue weighted by atomic mass is 10.0. The standard InChI is InChI=1S/C18H37NO2/c1-4-5-6-7-8-9-10-11-12-14-17(19(2)3)15-13-16-18(20)21/h17H,4-16H2,1-3H3,(H,20,21). The molecule has 21 heavy (non-hydrogen) atoms. The van der Waals surface area contributed by atoms with Gasteiger partial charge in [-0.2, -0.15) is 0 Å². The molecule has 0 bridgehead atoms. The number of carboxylic acid groups (broad SMARTS) is 1. The van der Waals surface area contributed by atoms with E-state index in [0.29, 0.717) is 12.5 Å². The highest BCUT2D eigenvalue weighted by Gasteiger charge is 2.11. The second-order valence-corrected chi connectivity index (χ2v) is 6.52. The normalized spacial score (nSPS) is 12.8. The third-order valence-electron chi connectivity index (χ3n) is 4.30. The SMILES string of the molecule is CCCCCCCCCCCC(CCCC(=O)O)N(C)C. The first-order valence-corrected chi connectivity index (χ1v) is 8.96. The zero-order valence-corrected chi connectivity index (χ0v) is 14.6. The monoisotopic (exact) mass is 299 g/mol. The maximum Gasteiger partial charge on any atom is 0.303 e. The molecule has 3 heteroatoms. The summed E-state index contributed by atoms with van der Waals surface area (Å²) in [5.41, 5.74) is 0. The lowest BCUT2D eigenvalue weighted by Gasteiger charge is -2.24. The summed E-state index contributed by atoms with van der Waals surface area (Å²) in [7, 11) is 4.22. The highest BCUT2D eigenvalue weighted by atomic mass is 16.4. The fourth-order valence-corrected chi connectivity index (χ4v) is 2.84. The molecule has 0 spiro atoms. The molecule has 0 aliphatic carbocycles. The van der Waals surface area contributed by atoms with Crippen molar-refractivity contribution in [2.24, 2.45) is 0 Å². The first-order chi connectivity index (χ1) is 10.1. The Bertz CT molecular complexity index is 241. The fraction of sp³-hybridized carbons (Fsp3) is 0.944. The molecule has 0 saturated heterocycles. The van der Waals surface area contributed by atoms with Crippen LogP contribution in [0.25, 0.3) is 0 Å². The van der Waals surface area contributed by atoms with Crippen molar-refractivity contribution < 1.29 is 9.90 Å². The Hall–Kier alpha value is -0.570. The van der Waals surface area contributed by atoms with Gasteiger partial charge in [0, 0.05) is 12.5 Å². The van der Waals surface area contributed by atoms with E-state index in [0.717, 1.165) is 12.8 Å². The number of hydrogen-bond donors (Lipinski definition) is 1.